The van der Waals surface area contributed by atoms with E-state index in [1.165, 1.54) is 19.5 Å². The van der Waals surface area contributed by atoms with E-state index in [4.69, 9.17) is 0 Å². The molecule has 0 radical (unpaired) electrons. The summed E-state index contributed by atoms with van der Waals surface area (Å²) < 4.78 is 1.99. The Hall–Kier alpha value is -1.42. The van der Waals surface area contributed by atoms with Crippen LogP contribution in [-0.4, -0.2) is 58.7 Å². The summed E-state index contributed by atoms with van der Waals surface area (Å²) >= 11 is 0. The van der Waals surface area contributed by atoms with Gasteiger partial charge in [0.05, 0.1) is 6.54 Å². The van der Waals surface area contributed by atoms with Crippen LogP contribution in [0.5, 0.6) is 0 Å². The number of guanidine groups is 1. The van der Waals surface area contributed by atoms with Crippen LogP contribution in [-0.2, 0) is 6.54 Å². The molecule has 27 heavy (non-hydrogen) atoms. The van der Waals surface area contributed by atoms with E-state index in [-0.39, 0.29) is 24.0 Å². The Labute approximate surface area is 179 Å². The predicted molar refractivity (Wildman–Crippen MR) is 121 cm³/mol. The summed E-state index contributed by atoms with van der Waals surface area (Å²) in [5.41, 5.74) is 0.859. The molecule has 1 saturated heterocycles. The second-order valence-electron chi connectivity index (χ2n) is 7.46. The van der Waals surface area contributed by atoms with Crippen LogP contribution in [0, 0.1) is 11.8 Å². The van der Waals surface area contributed by atoms with Gasteiger partial charge >= 0.3 is 0 Å². The smallest absolute Gasteiger partial charge is 0.191 e. The van der Waals surface area contributed by atoms with Gasteiger partial charge in [-0.05, 0) is 43.4 Å². The normalized spacial score (nSPS) is 21.1. The summed E-state index contributed by atoms with van der Waals surface area (Å²) in [6.07, 6.45) is 4.46. The molecule has 150 valence electrons. The molecule has 0 spiro atoms. The monoisotopic (exact) mass is 485 g/mol. The summed E-state index contributed by atoms with van der Waals surface area (Å²) in [5.74, 6) is 3.32. The molecule has 0 aromatic carbocycles. The average Bonchev–Trinajstić information content (AvgIpc) is 3.03. The molecule has 7 nitrogen and oxygen atoms in total. The SMILES string of the molecule is CN=C(NCCCN1CC(C)CC(C)C1)NCc1nnc2ccccn12.I. The molecule has 3 rings (SSSR count). The van der Waals surface area contributed by atoms with Crippen molar-refractivity contribution >= 4 is 35.6 Å². The van der Waals surface area contributed by atoms with Crippen molar-refractivity contribution in [3.8, 4) is 0 Å². The van der Waals surface area contributed by atoms with Crippen molar-refractivity contribution in [1.29, 1.82) is 0 Å². The topological polar surface area (TPSA) is 69.8 Å². The van der Waals surface area contributed by atoms with Gasteiger partial charge in [-0.1, -0.05) is 19.9 Å². The Morgan fingerprint density at radius 2 is 1.96 bits per heavy atom. The van der Waals surface area contributed by atoms with Gasteiger partial charge in [-0.25, -0.2) is 0 Å². The van der Waals surface area contributed by atoms with E-state index in [1.807, 2.05) is 28.8 Å². The number of aromatic nitrogens is 3. The van der Waals surface area contributed by atoms with Gasteiger partial charge in [0.15, 0.2) is 17.4 Å². The zero-order chi connectivity index (χ0) is 18.4. The third-order valence-electron chi connectivity index (χ3n) is 4.91. The maximum absolute atomic E-state index is 4.30. The highest BCUT2D eigenvalue weighted by molar-refractivity contribution is 14.0. The van der Waals surface area contributed by atoms with E-state index in [2.05, 4.69) is 44.6 Å². The first-order valence-electron chi connectivity index (χ1n) is 9.61. The molecular formula is C19H32IN7. The average molecular weight is 485 g/mol. The first kappa shape index (κ1) is 21.9. The second-order valence-corrected chi connectivity index (χ2v) is 7.46. The number of pyridine rings is 1. The van der Waals surface area contributed by atoms with Gasteiger partial charge < -0.3 is 15.5 Å². The molecule has 0 amide bonds. The van der Waals surface area contributed by atoms with Crippen molar-refractivity contribution in [2.24, 2.45) is 16.8 Å². The lowest BCUT2D eigenvalue weighted by molar-refractivity contribution is 0.140. The Kier molecular flexibility index (Phi) is 8.75. The van der Waals surface area contributed by atoms with Crippen molar-refractivity contribution in [1.82, 2.24) is 30.1 Å². The first-order chi connectivity index (χ1) is 12.7. The molecule has 1 aliphatic heterocycles. The minimum Gasteiger partial charge on any atom is -0.356 e. The van der Waals surface area contributed by atoms with E-state index in [0.29, 0.717) is 6.54 Å². The van der Waals surface area contributed by atoms with Gasteiger partial charge in [0, 0.05) is 32.9 Å². The fraction of sp³-hybridized carbons (Fsp3) is 0.632. The van der Waals surface area contributed by atoms with E-state index in [9.17, 15) is 0 Å². The van der Waals surface area contributed by atoms with Crippen LogP contribution in [0.2, 0.25) is 0 Å². The van der Waals surface area contributed by atoms with Crippen LogP contribution in [0.3, 0.4) is 0 Å². The van der Waals surface area contributed by atoms with Gasteiger partial charge in [-0.15, -0.1) is 34.2 Å². The van der Waals surface area contributed by atoms with Crippen LogP contribution >= 0.6 is 24.0 Å². The number of aliphatic imine (C=N–C) groups is 1. The fourth-order valence-electron chi connectivity index (χ4n) is 3.88. The van der Waals surface area contributed by atoms with Crippen molar-refractivity contribution < 1.29 is 0 Å². The molecule has 0 bridgehead atoms. The largest absolute Gasteiger partial charge is 0.356 e. The Balaban J connectivity index is 0.00000261. The molecule has 0 aliphatic carbocycles. The van der Waals surface area contributed by atoms with Crippen molar-refractivity contribution in [2.75, 3.05) is 33.2 Å². The summed E-state index contributed by atoms with van der Waals surface area (Å²) in [6.45, 7) is 9.84. The summed E-state index contributed by atoms with van der Waals surface area (Å²) in [7, 11) is 1.80. The molecule has 3 heterocycles. The molecular weight excluding hydrogens is 453 g/mol. The predicted octanol–water partition coefficient (Wildman–Crippen LogP) is 2.38. The highest BCUT2D eigenvalue weighted by Crippen LogP contribution is 2.20. The van der Waals surface area contributed by atoms with Crippen LogP contribution in [0.4, 0.5) is 0 Å². The van der Waals surface area contributed by atoms with Crippen molar-refractivity contribution in [3.05, 3.63) is 30.2 Å². The second kappa shape index (κ2) is 10.8. The summed E-state index contributed by atoms with van der Waals surface area (Å²) in [5, 5.41) is 15.1. The standard InChI is InChI=1S/C19H31N7.HI/c1-15-11-16(2)14-25(13-15)9-6-8-21-19(20-3)22-12-18-24-23-17-7-4-5-10-26(17)18;/h4-5,7,10,15-16H,6,8-9,11-14H2,1-3H3,(H2,20,21,22);1H. The summed E-state index contributed by atoms with van der Waals surface area (Å²) in [6, 6.07) is 5.90. The lowest BCUT2D eigenvalue weighted by Gasteiger charge is -2.35. The number of nitrogens with zero attached hydrogens (tertiary/aromatic N) is 5. The fourth-order valence-corrected chi connectivity index (χ4v) is 3.88. The number of hydrogen-bond donors (Lipinski definition) is 2. The molecule has 2 N–H and O–H groups in total. The van der Waals surface area contributed by atoms with Crippen LogP contribution in [0.15, 0.2) is 29.4 Å². The number of rotatable bonds is 6. The molecule has 0 saturated carbocycles. The molecule has 1 fully saturated rings. The Morgan fingerprint density at radius 1 is 1.19 bits per heavy atom. The lowest BCUT2D eigenvalue weighted by atomic mass is 9.92. The van der Waals surface area contributed by atoms with E-state index in [1.54, 1.807) is 7.05 Å². The number of likely N-dealkylation sites (tertiary alicyclic amines) is 1. The Morgan fingerprint density at radius 3 is 2.70 bits per heavy atom. The number of nitrogens with one attached hydrogen (secondary N) is 2. The third kappa shape index (κ3) is 6.31. The van der Waals surface area contributed by atoms with Gasteiger partial charge in [-0.3, -0.25) is 9.39 Å². The maximum atomic E-state index is 4.30. The number of fused-ring (bicyclic) bond motifs is 1. The quantitative estimate of drug-likeness (QED) is 0.285. The Bertz CT molecular complexity index is 720. The number of hydrogen-bond acceptors (Lipinski definition) is 4. The minimum absolute atomic E-state index is 0. The molecule has 2 aromatic heterocycles. The van der Waals surface area contributed by atoms with E-state index in [0.717, 1.165) is 48.8 Å². The molecule has 2 atom stereocenters. The van der Waals surface area contributed by atoms with Gasteiger partial charge in [0.2, 0.25) is 0 Å². The zero-order valence-corrected chi connectivity index (χ0v) is 18.9. The van der Waals surface area contributed by atoms with Crippen molar-refractivity contribution in [2.45, 2.75) is 33.2 Å². The van der Waals surface area contributed by atoms with Gasteiger partial charge in [-0.2, -0.15) is 0 Å². The van der Waals surface area contributed by atoms with E-state index < -0.39 is 0 Å². The van der Waals surface area contributed by atoms with Crippen LogP contribution in [0.1, 0.15) is 32.5 Å². The zero-order valence-electron chi connectivity index (χ0n) is 16.6. The summed E-state index contributed by atoms with van der Waals surface area (Å²) in [4.78, 5) is 6.90. The number of piperidine rings is 1. The molecule has 2 aromatic rings. The lowest BCUT2D eigenvalue weighted by Crippen LogP contribution is -2.41. The maximum Gasteiger partial charge on any atom is 0.191 e. The first-order valence-corrected chi connectivity index (χ1v) is 9.61. The highest BCUT2D eigenvalue weighted by Gasteiger charge is 2.20. The molecule has 1 aliphatic rings. The van der Waals surface area contributed by atoms with Crippen molar-refractivity contribution in [3.63, 3.8) is 0 Å². The minimum atomic E-state index is 0. The third-order valence-corrected chi connectivity index (χ3v) is 4.91. The van der Waals surface area contributed by atoms with Gasteiger partial charge in [0.25, 0.3) is 0 Å². The molecule has 8 heteroatoms. The van der Waals surface area contributed by atoms with Crippen LogP contribution in [0.25, 0.3) is 5.65 Å². The van der Waals surface area contributed by atoms with Crippen LogP contribution < -0.4 is 10.6 Å². The number of halogens is 1. The van der Waals surface area contributed by atoms with Gasteiger partial charge in [0.1, 0.15) is 0 Å². The molecule has 2 unspecified atom stereocenters. The van der Waals surface area contributed by atoms with E-state index >= 15 is 0 Å². The highest BCUT2D eigenvalue weighted by atomic mass is 127.